The van der Waals surface area contributed by atoms with Gasteiger partial charge in [-0.15, -0.1) is 0 Å². The Morgan fingerprint density at radius 2 is 1.96 bits per heavy atom. The lowest BCUT2D eigenvalue weighted by Crippen LogP contribution is -2.44. The maximum Gasteiger partial charge on any atom is 0.408 e. The number of hydrogen-bond donors (Lipinski definition) is 2. The van der Waals surface area contributed by atoms with Crippen LogP contribution >= 0.6 is 0 Å². The Labute approximate surface area is 152 Å². The van der Waals surface area contributed by atoms with Gasteiger partial charge in [-0.1, -0.05) is 6.07 Å². The molecule has 0 aliphatic heterocycles. The molecule has 1 heterocycles. The molecule has 140 valence electrons. The van der Waals surface area contributed by atoms with Crippen LogP contribution in [0.5, 0.6) is 5.75 Å². The molecule has 0 saturated heterocycles. The summed E-state index contributed by atoms with van der Waals surface area (Å²) in [5.41, 5.74) is 0.876. The van der Waals surface area contributed by atoms with Crippen molar-refractivity contribution in [1.82, 2.24) is 9.88 Å². The zero-order chi connectivity index (χ0) is 19.3. The lowest BCUT2D eigenvalue weighted by Gasteiger charge is -2.22. The second-order valence-electron chi connectivity index (χ2n) is 6.81. The molecule has 0 fully saturated rings. The summed E-state index contributed by atoms with van der Waals surface area (Å²) in [6.07, 6.45) is 1.18. The Bertz CT molecular complexity index is 776. The predicted octanol–water partition coefficient (Wildman–Crippen LogP) is 3.01. The van der Waals surface area contributed by atoms with Gasteiger partial charge in [-0.05, 0) is 45.0 Å². The maximum absolute atomic E-state index is 11.9. The third-order valence-electron chi connectivity index (χ3n) is 3.57. The minimum atomic E-state index is -1.13. The second-order valence-corrected chi connectivity index (χ2v) is 6.81. The fraction of sp³-hybridized carbons (Fsp3) is 0.368. The zero-order valence-electron chi connectivity index (χ0n) is 15.4. The third-order valence-corrected chi connectivity index (χ3v) is 3.57. The Morgan fingerprint density at radius 1 is 1.23 bits per heavy atom. The van der Waals surface area contributed by atoms with Gasteiger partial charge in [0.15, 0.2) is 0 Å². The van der Waals surface area contributed by atoms with Gasteiger partial charge in [0.25, 0.3) is 0 Å². The lowest BCUT2D eigenvalue weighted by molar-refractivity contribution is -0.139. The molecule has 7 heteroatoms. The number of nitrogens with zero attached hydrogens (tertiary/aromatic N) is 1. The van der Waals surface area contributed by atoms with E-state index in [9.17, 15) is 14.7 Å². The van der Waals surface area contributed by atoms with Crippen LogP contribution in [0.1, 0.15) is 26.5 Å². The lowest BCUT2D eigenvalue weighted by atomic mass is 10.1. The van der Waals surface area contributed by atoms with Crippen molar-refractivity contribution in [3.8, 4) is 11.4 Å². The van der Waals surface area contributed by atoms with Crippen molar-refractivity contribution in [2.45, 2.75) is 38.8 Å². The summed E-state index contributed by atoms with van der Waals surface area (Å²) >= 11 is 0. The van der Waals surface area contributed by atoms with Crippen LogP contribution in [0.3, 0.4) is 0 Å². The first-order valence-electron chi connectivity index (χ1n) is 8.22. The predicted molar refractivity (Wildman–Crippen MR) is 96.8 cm³/mol. The molecule has 26 heavy (non-hydrogen) atoms. The van der Waals surface area contributed by atoms with Crippen LogP contribution in [0.15, 0.2) is 42.6 Å². The van der Waals surface area contributed by atoms with E-state index in [1.807, 2.05) is 47.2 Å². The number of benzene rings is 1. The Hall–Kier alpha value is -2.96. The van der Waals surface area contributed by atoms with Gasteiger partial charge in [-0.3, -0.25) is 0 Å². The molecule has 1 aromatic carbocycles. The largest absolute Gasteiger partial charge is 0.497 e. The number of carboxylic acids is 1. The first-order chi connectivity index (χ1) is 12.2. The number of methoxy groups -OCH3 is 1. The first-order valence-corrected chi connectivity index (χ1v) is 8.22. The van der Waals surface area contributed by atoms with Crippen LogP contribution in [0.4, 0.5) is 4.79 Å². The molecule has 2 aromatic rings. The number of aliphatic carboxylic acids is 1. The van der Waals surface area contributed by atoms with Crippen molar-refractivity contribution >= 4 is 12.1 Å². The number of carboxylic acid groups (broad SMARTS) is 1. The normalized spacial score (nSPS) is 12.3. The summed E-state index contributed by atoms with van der Waals surface area (Å²) in [6.45, 7) is 5.16. The zero-order valence-corrected chi connectivity index (χ0v) is 15.4. The van der Waals surface area contributed by atoms with Crippen LogP contribution in [0.2, 0.25) is 0 Å². The third kappa shape index (κ3) is 5.27. The quantitative estimate of drug-likeness (QED) is 0.826. The van der Waals surface area contributed by atoms with Crippen molar-refractivity contribution in [3.05, 3.63) is 48.3 Å². The fourth-order valence-electron chi connectivity index (χ4n) is 2.45. The fourth-order valence-corrected chi connectivity index (χ4v) is 2.45. The van der Waals surface area contributed by atoms with Crippen molar-refractivity contribution in [1.29, 1.82) is 0 Å². The molecule has 0 aliphatic rings. The highest BCUT2D eigenvalue weighted by atomic mass is 16.6. The van der Waals surface area contributed by atoms with Crippen LogP contribution in [0.25, 0.3) is 5.69 Å². The van der Waals surface area contributed by atoms with E-state index in [0.717, 1.165) is 11.4 Å². The van der Waals surface area contributed by atoms with Gasteiger partial charge in [0, 0.05) is 30.1 Å². The number of alkyl carbamates (subject to hydrolysis) is 1. The van der Waals surface area contributed by atoms with E-state index >= 15 is 0 Å². The minimum absolute atomic E-state index is 0.110. The Balaban J connectivity index is 2.19. The van der Waals surface area contributed by atoms with E-state index in [0.29, 0.717) is 5.75 Å². The molecule has 0 aliphatic carbocycles. The molecule has 0 saturated carbocycles. The summed E-state index contributed by atoms with van der Waals surface area (Å²) in [7, 11) is 1.58. The summed E-state index contributed by atoms with van der Waals surface area (Å²) in [5.74, 6) is -0.432. The molecule has 7 nitrogen and oxygen atoms in total. The molecule has 1 amide bonds. The van der Waals surface area contributed by atoms with Crippen LogP contribution in [-0.2, 0) is 16.0 Å². The van der Waals surface area contributed by atoms with Gasteiger partial charge in [-0.2, -0.15) is 0 Å². The van der Waals surface area contributed by atoms with E-state index in [1.54, 1.807) is 27.9 Å². The summed E-state index contributed by atoms with van der Waals surface area (Å²) in [6, 6.07) is 9.95. The molecule has 1 unspecified atom stereocenters. The van der Waals surface area contributed by atoms with E-state index in [4.69, 9.17) is 9.47 Å². The maximum atomic E-state index is 11.9. The minimum Gasteiger partial charge on any atom is -0.497 e. The molecule has 0 spiro atoms. The smallest absolute Gasteiger partial charge is 0.408 e. The number of ether oxygens (including phenoxy) is 2. The molecule has 0 radical (unpaired) electrons. The SMILES string of the molecule is COc1cccc(-n2cccc2CC(NC(=O)OC(C)(C)C)C(=O)O)c1. The average molecular weight is 360 g/mol. The molecule has 2 N–H and O–H groups in total. The molecule has 2 rings (SSSR count). The molecule has 1 atom stereocenters. The van der Waals surface area contributed by atoms with Gasteiger partial charge in [-0.25, -0.2) is 9.59 Å². The van der Waals surface area contributed by atoms with Crippen LogP contribution in [-0.4, -0.2) is 40.5 Å². The van der Waals surface area contributed by atoms with Crippen molar-refractivity contribution < 1.29 is 24.2 Å². The summed E-state index contributed by atoms with van der Waals surface area (Å²) in [5, 5.41) is 11.9. The Morgan fingerprint density at radius 3 is 2.58 bits per heavy atom. The number of carbonyl (C=O) groups is 2. The molecular formula is C19H24N2O5. The van der Waals surface area contributed by atoms with Gasteiger partial charge >= 0.3 is 12.1 Å². The van der Waals surface area contributed by atoms with Crippen molar-refractivity contribution in [3.63, 3.8) is 0 Å². The van der Waals surface area contributed by atoms with Gasteiger partial charge in [0.1, 0.15) is 17.4 Å². The van der Waals surface area contributed by atoms with Crippen molar-refractivity contribution in [2.75, 3.05) is 7.11 Å². The number of rotatable bonds is 6. The van der Waals surface area contributed by atoms with Crippen LogP contribution < -0.4 is 10.1 Å². The standard InChI is InChI=1S/C19H24N2O5/c1-19(2,3)26-18(24)20-16(17(22)23)12-14-8-6-10-21(14)13-7-5-9-15(11-13)25-4/h5-11,16H,12H2,1-4H3,(H,20,24)(H,22,23). The monoisotopic (exact) mass is 360 g/mol. The highest BCUT2D eigenvalue weighted by Gasteiger charge is 2.25. The van der Waals surface area contributed by atoms with Crippen LogP contribution in [0, 0.1) is 0 Å². The number of aromatic nitrogens is 1. The van der Waals surface area contributed by atoms with Gasteiger partial charge in [0.05, 0.1) is 7.11 Å². The Kier molecular flexibility index (Phi) is 5.92. The number of carbonyl (C=O) groups excluding carboxylic acids is 1. The first kappa shape index (κ1) is 19.4. The summed E-state index contributed by atoms with van der Waals surface area (Å²) in [4.78, 5) is 23.5. The highest BCUT2D eigenvalue weighted by Crippen LogP contribution is 2.19. The molecular weight excluding hydrogens is 336 g/mol. The average Bonchev–Trinajstić information content (AvgIpc) is 3.00. The van der Waals surface area contributed by atoms with Gasteiger partial charge in [0.2, 0.25) is 0 Å². The highest BCUT2D eigenvalue weighted by molar-refractivity contribution is 5.80. The van der Waals surface area contributed by atoms with Crippen molar-refractivity contribution in [2.24, 2.45) is 0 Å². The summed E-state index contributed by atoms with van der Waals surface area (Å²) < 4.78 is 12.2. The number of amides is 1. The second kappa shape index (κ2) is 7.95. The van der Waals surface area contributed by atoms with E-state index in [-0.39, 0.29) is 6.42 Å². The van der Waals surface area contributed by atoms with E-state index in [2.05, 4.69) is 5.32 Å². The topological polar surface area (TPSA) is 89.8 Å². The number of nitrogens with one attached hydrogen (secondary N) is 1. The van der Waals surface area contributed by atoms with E-state index in [1.165, 1.54) is 0 Å². The molecule has 0 bridgehead atoms. The van der Waals surface area contributed by atoms with E-state index < -0.39 is 23.7 Å². The number of hydrogen-bond acceptors (Lipinski definition) is 4. The molecule has 1 aromatic heterocycles. The van der Waals surface area contributed by atoms with Gasteiger partial charge < -0.3 is 24.5 Å².